The molecular weight excluding hydrogens is 320 g/mol. The number of carboxylic acid groups (broad SMARTS) is 1. The van der Waals surface area contributed by atoms with Gasteiger partial charge in [0.25, 0.3) is 0 Å². The molecule has 0 saturated carbocycles. The minimum Gasteiger partial charge on any atom is -0.481 e. The third-order valence-corrected chi connectivity index (χ3v) is 4.25. The van der Waals surface area contributed by atoms with Crippen LogP contribution in [-0.2, 0) is 16.0 Å². The van der Waals surface area contributed by atoms with Gasteiger partial charge in [0.1, 0.15) is 17.8 Å². The predicted octanol–water partition coefficient (Wildman–Crippen LogP) is 3.42. The maximum absolute atomic E-state index is 12.3. The number of Topliss-reactive ketones (excluding diaryl/α,β-unsaturated/α-hetero) is 2. The summed E-state index contributed by atoms with van der Waals surface area (Å²) in [5.74, 6) is -4.52. The lowest BCUT2D eigenvalue weighted by Gasteiger charge is -2.17. The molecule has 138 valence electrons. The molecule has 0 radical (unpaired) electrons. The summed E-state index contributed by atoms with van der Waals surface area (Å²) >= 11 is 0. The van der Waals surface area contributed by atoms with Gasteiger partial charge in [0.2, 0.25) is 0 Å². The van der Waals surface area contributed by atoms with Crippen LogP contribution in [0, 0.1) is 5.92 Å². The molecule has 2 unspecified atom stereocenters. The van der Waals surface area contributed by atoms with E-state index in [2.05, 4.69) is 6.92 Å². The summed E-state index contributed by atoms with van der Waals surface area (Å²) in [6.07, 6.45) is 4.18. The second-order valence-electron chi connectivity index (χ2n) is 6.35. The lowest BCUT2D eigenvalue weighted by Crippen LogP contribution is -2.40. The third kappa shape index (κ3) is 6.42. The third-order valence-electron chi connectivity index (χ3n) is 4.25. The number of ketones is 2. The van der Waals surface area contributed by atoms with Gasteiger partial charge in [-0.05, 0) is 24.8 Å². The number of aliphatic hydroxyl groups is 1. The fourth-order valence-electron chi connectivity index (χ4n) is 2.76. The zero-order chi connectivity index (χ0) is 18.8. The van der Waals surface area contributed by atoms with E-state index in [0.29, 0.717) is 6.42 Å². The second-order valence-corrected chi connectivity index (χ2v) is 6.35. The van der Waals surface area contributed by atoms with Gasteiger partial charge in [-0.25, -0.2) is 0 Å². The van der Waals surface area contributed by atoms with E-state index < -0.39 is 29.6 Å². The fourth-order valence-corrected chi connectivity index (χ4v) is 2.76. The number of carbonyl (C=O) groups excluding carboxylic acids is 2. The Bertz CT molecular complexity index is 576. The average Bonchev–Trinajstić information content (AvgIpc) is 2.58. The topological polar surface area (TPSA) is 91.7 Å². The van der Waals surface area contributed by atoms with Crippen molar-refractivity contribution in [3.63, 3.8) is 0 Å². The molecule has 0 bridgehead atoms. The first-order valence-electron chi connectivity index (χ1n) is 8.99. The highest BCUT2D eigenvalue weighted by atomic mass is 16.4. The highest BCUT2D eigenvalue weighted by Crippen LogP contribution is 2.17. The van der Waals surface area contributed by atoms with Crippen molar-refractivity contribution in [1.82, 2.24) is 0 Å². The average molecular weight is 348 g/mol. The van der Waals surface area contributed by atoms with E-state index in [-0.39, 0.29) is 12.0 Å². The van der Waals surface area contributed by atoms with Gasteiger partial charge < -0.3 is 10.2 Å². The number of hydrogen-bond acceptors (Lipinski definition) is 4. The normalized spacial score (nSPS) is 13.2. The molecule has 0 saturated heterocycles. The minimum absolute atomic E-state index is 0.0258. The quantitative estimate of drug-likeness (QED) is 0.343. The zero-order valence-electron chi connectivity index (χ0n) is 15.0. The molecule has 0 aliphatic rings. The van der Waals surface area contributed by atoms with Crippen LogP contribution in [0.1, 0.15) is 68.3 Å². The van der Waals surface area contributed by atoms with Crippen molar-refractivity contribution < 1.29 is 24.6 Å². The number of carbonyl (C=O) groups is 3. The van der Waals surface area contributed by atoms with Crippen LogP contribution in [0.4, 0.5) is 0 Å². The molecule has 5 heteroatoms. The molecule has 0 spiro atoms. The summed E-state index contributed by atoms with van der Waals surface area (Å²) in [5, 5.41) is 19.3. The van der Waals surface area contributed by atoms with Crippen molar-refractivity contribution in [1.29, 1.82) is 0 Å². The van der Waals surface area contributed by atoms with Crippen LogP contribution >= 0.6 is 0 Å². The smallest absolute Gasteiger partial charge is 0.317 e. The Balaban J connectivity index is 2.76. The number of benzene rings is 1. The van der Waals surface area contributed by atoms with E-state index in [9.17, 15) is 24.6 Å². The molecule has 0 aliphatic heterocycles. The van der Waals surface area contributed by atoms with Gasteiger partial charge in [0.05, 0.1) is 0 Å². The first-order chi connectivity index (χ1) is 11.9. The standard InChI is InChI=1S/C20H28O5/c1-3-5-6-7-9-14-10-12-15(13-11-14)18(22)19(23)17(20(24)25)16(21)8-4-2/h10-13,17,19,23H,3-9H2,1-2H3,(H,24,25). The Kier molecular flexibility index (Phi) is 9.06. The van der Waals surface area contributed by atoms with Gasteiger partial charge in [-0.2, -0.15) is 0 Å². The first kappa shape index (κ1) is 21.0. The van der Waals surface area contributed by atoms with Gasteiger partial charge in [-0.15, -0.1) is 0 Å². The Hall–Kier alpha value is -2.01. The van der Waals surface area contributed by atoms with Crippen LogP contribution < -0.4 is 0 Å². The van der Waals surface area contributed by atoms with Crippen molar-refractivity contribution in [2.45, 2.75) is 64.9 Å². The van der Waals surface area contributed by atoms with Crippen LogP contribution in [0.25, 0.3) is 0 Å². The maximum atomic E-state index is 12.3. The Labute approximate surface area is 149 Å². The van der Waals surface area contributed by atoms with Gasteiger partial charge >= 0.3 is 5.97 Å². The molecule has 25 heavy (non-hydrogen) atoms. The summed E-state index contributed by atoms with van der Waals surface area (Å²) in [6, 6.07) is 6.80. The fraction of sp³-hybridized carbons (Fsp3) is 0.550. The molecule has 0 aromatic heterocycles. The van der Waals surface area contributed by atoms with Gasteiger partial charge in [0, 0.05) is 12.0 Å². The molecule has 5 nitrogen and oxygen atoms in total. The number of aliphatic hydroxyl groups excluding tert-OH is 1. The van der Waals surface area contributed by atoms with Crippen molar-refractivity contribution in [2.75, 3.05) is 0 Å². The SMILES string of the molecule is CCCCCCc1ccc(C(=O)C(O)C(C(=O)O)C(=O)CCC)cc1. The van der Waals surface area contributed by atoms with Crippen molar-refractivity contribution in [2.24, 2.45) is 5.92 Å². The number of hydrogen-bond donors (Lipinski definition) is 2. The van der Waals surface area contributed by atoms with Crippen LogP contribution in [0.2, 0.25) is 0 Å². The predicted molar refractivity (Wildman–Crippen MR) is 95.7 cm³/mol. The van der Waals surface area contributed by atoms with Crippen molar-refractivity contribution >= 4 is 17.5 Å². The number of rotatable bonds is 12. The Morgan fingerprint density at radius 3 is 2.12 bits per heavy atom. The summed E-state index contributed by atoms with van der Waals surface area (Å²) in [4.78, 5) is 35.5. The van der Waals surface area contributed by atoms with Crippen LogP contribution in [-0.4, -0.2) is 33.9 Å². The summed E-state index contributed by atoms with van der Waals surface area (Å²) in [5.41, 5.74) is 1.32. The molecule has 0 amide bonds. The van der Waals surface area contributed by atoms with Crippen molar-refractivity contribution in [3.05, 3.63) is 35.4 Å². The van der Waals surface area contributed by atoms with Crippen molar-refractivity contribution in [3.8, 4) is 0 Å². The summed E-state index contributed by atoms with van der Waals surface area (Å²) in [6.45, 7) is 3.89. The van der Waals surface area contributed by atoms with Gasteiger partial charge in [0.15, 0.2) is 5.78 Å². The molecule has 2 atom stereocenters. The molecule has 0 heterocycles. The monoisotopic (exact) mass is 348 g/mol. The number of aryl methyl sites for hydroxylation is 1. The Morgan fingerprint density at radius 1 is 0.960 bits per heavy atom. The highest BCUT2D eigenvalue weighted by Gasteiger charge is 2.37. The van der Waals surface area contributed by atoms with E-state index in [1.54, 1.807) is 19.1 Å². The van der Waals surface area contributed by atoms with Gasteiger partial charge in [-0.1, -0.05) is 57.4 Å². The lowest BCUT2D eigenvalue weighted by atomic mass is 9.89. The first-order valence-corrected chi connectivity index (χ1v) is 8.99. The molecule has 2 N–H and O–H groups in total. The lowest BCUT2D eigenvalue weighted by molar-refractivity contribution is -0.149. The second kappa shape index (κ2) is 10.8. The maximum Gasteiger partial charge on any atom is 0.317 e. The van der Waals surface area contributed by atoms with E-state index >= 15 is 0 Å². The largest absolute Gasteiger partial charge is 0.481 e. The van der Waals surface area contributed by atoms with Crippen LogP contribution in [0.5, 0.6) is 0 Å². The van der Waals surface area contributed by atoms with Gasteiger partial charge in [-0.3, -0.25) is 14.4 Å². The number of unbranched alkanes of at least 4 members (excludes halogenated alkanes) is 3. The van der Waals surface area contributed by atoms with E-state index in [1.165, 1.54) is 12.8 Å². The zero-order valence-corrected chi connectivity index (χ0v) is 15.0. The molecule has 0 fully saturated rings. The summed E-state index contributed by atoms with van der Waals surface area (Å²) in [7, 11) is 0. The Morgan fingerprint density at radius 2 is 1.60 bits per heavy atom. The molecule has 1 rings (SSSR count). The highest BCUT2D eigenvalue weighted by molar-refractivity contribution is 6.08. The van der Waals surface area contributed by atoms with E-state index in [4.69, 9.17) is 0 Å². The van der Waals surface area contributed by atoms with E-state index in [0.717, 1.165) is 24.8 Å². The van der Waals surface area contributed by atoms with Crippen LogP contribution in [0.3, 0.4) is 0 Å². The van der Waals surface area contributed by atoms with Crippen LogP contribution in [0.15, 0.2) is 24.3 Å². The molecule has 0 aliphatic carbocycles. The number of carboxylic acids is 1. The number of aliphatic carboxylic acids is 1. The minimum atomic E-state index is -1.85. The summed E-state index contributed by atoms with van der Waals surface area (Å²) < 4.78 is 0. The molecular formula is C20H28O5. The molecule has 1 aromatic carbocycles. The molecule has 1 aromatic rings. The van der Waals surface area contributed by atoms with E-state index in [1.807, 2.05) is 12.1 Å².